The van der Waals surface area contributed by atoms with Gasteiger partial charge in [-0.05, 0) is 43.5 Å². The van der Waals surface area contributed by atoms with Crippen LogP contribution in [0.15, 0.2) is 54.6 Å². The predicted molar refractivity (Wildman–Crippen MR) is 117 cm³/mol. The minimum Gasteiger partial charge on any atom is -0.378 e. The number of ether oxygens (including phenoxy) is 1. The molecule has 4 rings (SSSR count). The van der Waals surface area contributed by atoms with Crippen LogP contribution in [0, 0.1) is 0 Å². The number of benzene rings is 2. The van der Waals surface area contributed by atoms with Crippen LogP contribution in [0.1, 0.15) is 28.8 Å². The second-order valence-electron chi connectivity index (χ2n) is 7.97. The molecule has 5 heteroatoms. The van der Waals surface area contributed by atoms with E-state index in [0.717, 1.165) is 76.5 Å². The molecule has 2 aromatic rings. The highest BCUT2D eigenvalue weighted by molar-refractivity contribution is 6.00. The smallest absolute Gasteiger partial charge is 0.253 e. The van der Waals surface area contributed by atoms with E-state index in [1.165, 1.54) is 5.56 Å². The Morgan fingerprint density at radius 1 is 1.00 bits per heavy atom. The van der Waals surface area contributed by atoms with E-state index in [2.05, 4.69) is 45.4 Å². The number of piperidine rings is 1. The van der Waals surface area contributed by atoms with Crippen molar-refractivity contribution in [1.29, 1.82) is 0 Å². The zero-order valence-electron chi connectivity index (χ0n) is 17.1. The van der Waals surface area contributed by atoms with Crippen LogP contribution in [0.25, 0.3) is 0 Å². The third-order valence-corrected chi connectivity index (χ3v) is 5.90. The van der Waals surface area contributed by atoms with Gasteiger partial charge in [0.2, 0.25) is 0 Å². The topological polar surface area (TPSA) is 44.8 Å². The number of hydrogen-bond donors (Lipinski definition) is 1. The van der Waals surface area contributed by atoms with Crippen molar-refractivity contribution in [2.24, 2.45) is 0 Å². The first-order valence-corrected chi connectivity index (χ1v) is 10.8. The van der Waals surface area contributed by atoms with Gasteiger partial charge in [-0.3, -0.25) is 4.79 Å². The van der Waals surface area contributed by atoms with Crippen molar-refractivity contribution in [2.45, 2.75) is 25.3 Å². The molecule has 2 aromatic carbocycles. The number of hydrogen-bond acceptors (Lipinski definition) is 4. The van der Waals surface area contributed by atoms with Gasteiger partial charge in [-0.15, -0.1) is 0 Å². The molecule has 1 amide bonds. The fourth-order valence-electron chi connectivity index (χ4n) is 4.32. The molecule has 0 aromatic heterocycles. The maximum absolute atomic E-state index is 13.1. The molecule has 5 nitrogen and oxygen atoms in total. The Hall–Kier alpha value is -2.37. The van der Waals surface area contributed by atoms with Crippen molar-refractivity contribution in [3.05, 3.63) is 65.7 Å². The van der Waals surface area contributed by atoms with Crippen LogP contribution >= 0.6 is 0 Å². The van der Waals surface area contributed by atoms with Crippen molar-refractivity contribution in [1.82, 2.24) is 10.2 Å². The standard InChI is InChI=1S/C24H31N3O2/c28-24(22-10-4-5-11-23(22)27-15-17-29-18-16-27)25-21-9-6-13-26(19-21)14-12-20-7-2-1-3-8-20/h1-5,7-8,10-11,21H,6,9,12-19H2,(H,25,28). The summed E-state index contributed by atoms with van der Waals surface area (Å²) in [6.45, 7) is 6.19. The Morgan fingerprint density at radius 3 is 2.59 bits per heavy atom. The van der Waals surface area contributed by atoms with Gasteiger partial charge in [0.1, 0.15) is 0 Å². The summed E-state index contributed by atoms with van der Waals surface area (Å²) in [5, 5.41) is 3.30. The molecule has 29 heavy (non-hydrogen) atoms. The summed E-state index contributed by atoms with van der Waals surface area (Å²) in [6.07, 6.45) is 3.24. The summed E-state index contributed by atoms with van der Waals surface area (Å²) in [4.78, 5) is 17.8. The average Bonchev–Trinajstić information content (AvgIpc) is 2.79. The summed E-state index contributed by atoms with van der Waals surface area (Å²) >= 11 is 0. The number of nitrogens with one attached hydrogen (secondary N) is 1. The van der Waals surface area contributed by atoms with E-state index in [0.29, 0.717) is 0 Å². The number of nitrogens with zero attached hydrogens (tertiary/aromatic N) is 2. The molecular weight excluding hydrogens is 362 g/mol. The summed E-state index contributed by atoms with van der Waals surface area (Å²) in [5.41, 5.74) is 3.17. The first-order chi connectivity index (χ1) is 14.3. The molecule has 154 valence electrons. The predicted octanol–water partition coefficient (Wildman–Crippen LogP) is 2.96. The summed E-state index contributed by atoms with van der Waals surface area (Å²) in [7, 11) is 0. The second-order valence-corrected chi connectivity index (χ2v) is 7.97. The zero-order valence-corrected chi connectivity index (χ0v) is 17.1. The zero-order chi connectivity index (χ0) is 19.9. The Morgan fingerprint density at radius 2 is 1.76 bits per heavy atom. The van der Waals surface area contributed by atoms with Crippen molar-refractivity contribution in [3.8, 4) is 0 Å². The summed E-state index contributed by atoms with van der Waals surface area (Å²) in [6, 6.07) is 18.8. The lowest BCUT2D eigenvalue weighted by molar-refractivity contribution is 0.0903. The van der Waals surface area contributed by atoms with Gasteiger partial charge in [-0.25, -0.2) is 0 Å². The van der Waals surface area contributed by atoms with Crippen LogP contribution in [-0.2, 0) is 11.2 Å². The van der Waals surface area contributed by atoms with E-state index in [-0.39, 0.29) is 11.9 Å². The van der Waals surface area contributed by atoms with Crippen LogP contribution in [0.3, 0.4) is 0 Å². The van der Waals surface area contributed by atoms with E-state index in [4.69, 9.17) is 4.74 Å². The van der Waals surface area contributed by atoms with Crippen LogP contribution in [0.4, 0.5) is 5.69 Å². The first-order valence-electron chi connectivity index (χ1n) is 10.8. The molecule has 2 aliphatic heterocycles. The maximum atomic E-state index is 13.1. The minimum absolute atomic E-state index is 0.0435. The molecule has 0 aliphatic carbocycles. The van der Waals surface area contributed by atoms with Crippen LogP contribution in [0.5, 0.6) is 0 Å². The summed E-state index contributed by atoms with van der Waals surface area (Å²) < 4.78 is 5.46. The highest BCUT2D eigenvalue weighted by atomic mass is 16.5. The molecule has 0 saturated carbocycles. The van der Waals surface area contributed by atoms with Gasteiger partial charge in [0.05, 0.1) is 18.8 Å². The monoisotopic (exact) mass is 393 g/mol. The van der Waals surface area contributed by atoms with Gasteiger partial charge < -0.3 is 19.9 Å². The Bertz CT molecular complexity index is 790. The molecule has 2 heterocycles. The highest BCUT2D eigenvalue weighted by Gasteiger charge is 2.24. The Kier molecular flexibility index (Phi) is 6.80. The molecule has 1 atom stereocenters. The van der Waals surface area contributed by atoms with Crippen molar-refractivity contribution >= 4 is 11.6 Å². The highest BCUT2D eigenvalue weighted by Crippen LogP contribution is 2.22. The molecule has 2 fully saturated rings. The van der Waals surface area contributed by atoms with Crippen molar-refractivity contribution < 1.29 is 9.53 Å². The van der Waals surface area contributed by atoms with Gasteiger partial charge in [-0.2, -0.15) is 0 Å². The second kappa shape index (κ2) is 9.90. The number of rotatable bonds is 6. The lowest BCUT2D eigenvalue weighted by Crippen LogP contribution is -2.48. The number of para-hydroxylation sites is 1. The number of carbonyl (C=O) groups excluding carboxylic acids is 1. The third kappa shape index (κ3) is 5.37. The Labute approximate surface area is 173 Å². The van der Waals surface area contributed by atoms with E-state index >= 15 is 0 Å². The largest absolute Gasteiger partial charge is 0.378 e. The molecule has 0 spiro atoms. The Balaban J connectivity index is 1.34. The number of amides is 1. The number of likely N-dealkylation sites (tertiary alicyclic amines) is 1. The molecule has 2 saturated heterocycles. The van der Waals surface area contributed by atoms with Gasteiger partial charge in [0, 0.05) is 37.9 Å². The van der Waals surface area contributed by atoms with E-state index in [1.807, 2.05) is 24.3 Å². The van der Waals surface area contributed by atoms with Crippen LogP contribution < -0.4 is 10.2 Å². The van der Waals surface area contributed by atoms with Crippen molar-refractivity contribution in [3.63, 3.8) is 0 Å². The number of anilines is 1. The van der Waals surface area contributed by atoms with Crippen LogP contribution in [0.2, 0.25) is 0 Å². The number of morpholine rings is 1. The molecule has 0 bridgehead atoms. The third-order valence-electron chi connectivity index (χ3n) is 5.90. The molecule has 2 aliphatic rings. The molecule has 1 unspecified atom stereocenters. The minimum atomic E-state index is 0.0435. The lowest BCUT2D eigenvalue weighted by atomic mass is 10.0. The normalized spacial score (nSPS) is 20.4. The lowest BCUT2D eigenvalue weighted by Gasteiger charge is -2.34. The fraction of sp³-hybridized carbons (Fsp3) is 0.458. The van der Waals surface area contributed by atoms with Gasteiger partial charge in [0.25, 0.3) is 5.91 Å². The number of carbonyl (C=O) groups is 1. The molecule has 0 radical (unpaired) electrons. The van der Waals surface area contributed by atoms with Gasteiger partial charge in [0.15, 0.2) is 0 Å². The van der Waals surface area contributed by atoms with Gasteiger partial charge in [-0.1, -0.05) is 42.5 Å². The molecular formula is C24H31N3O2. The van der Waals surface area contributed by atoms with Crippen LogP contribution in [-0.4, -0.2) is 62.8 Å². The average molecular weight is 394 g/mol. The molecule has 1 N–H and O–H groups in total. The maximum Gasteiger partial charge on any atom is 0.253 e. The van der Waals surface area contributed by atoms with E-state index in [9.17, 15) is 4.79 Å². The van der Waals surface area contributed by atoms with Crippen molar-refractivity contribution in [2.75, 3.05) is 50.8 Å². The van der Waals surface area contributed by atoms with Gasteiger partial charge >= 0.3 is 0 Å². The quantitative estimate of drug-likeness (QED) is 0.820. The fourth-order valence-corrected chi connectivity index (χ4v) is 4.32. The van der Waals surface area contributed by atoms with E-state index in [1.54, 1.807) is 0 Å². The summed E-state index contributed by atoms with van der Waals surface area (Å²) in [5.74, 6) is 0.0435. The first kappa shape index (κ1) is 19.9. The SMILES string of the molecule is O=C(NC1CCCN(CCc2ccccc2)C1)c1ccccc1N1CCOCC1. The van der Waals surface area contributed by atoms with E-state index < -0.39 is 0 Å².